The highest BCUT2D eigenvalue weighted by Gasteiger charge is 2.55. The van der Waals surface area contributed by atoms with Crippen molar-refractivity contribution in [3.05, 3.63) is 53.4 Å². The van der Waals surface area contributed by atoms with Gasteiger partial charge in [0.05, 0.1) is 5.56 Å². The summed E-state index contributed by atoms with van der Waals surface area (Å²) in [5.74, 6) is -0.763. The van der Waals surface area contributed by atoms with Gasteiger partial charge < -0.3 is 15.3 Å². The Morgan fingerprint density at radius 3 is 2.32 bits per heavy atom. The molecule has 130 valence electrons. The third-order valence-corrected chi connectivity index (χ3v) is 4.83. The minimum absolute atomic E-state index is 0.0648. The van der Waals surface area contributed by atoms with Crippen LogP contribution in [0.1, 0.15) is 15.9 Å². The number of hydrogen-bond acceptors (Lipinski definition) is 5. The highest BCUT2D eigenvalue weighted by molar-refractivity contribution is 5.86. The van der Waals surface area contributed by atoms with Gasteiger partial charge in [-0.3, -0.25) is 0 Å². The fraction of sp³-hybridized carbons (Fsp3) is 0.353. The third-order valence-electron chi connectivity index (χ3n) is 4.83. The van der Waals surface area contributed by atoms with Gasteiger partial charge in [-0.15, -0.1) is 0 Å². The summed E-state index contributed by atoms with van der Waals surface area (Å²) >= 11 is 0. The number of rotatable bonds is 5. The largest absolute Gasteiger partial charge is 0.478 e. The average molecular weight is 346 g/mol. The van der Waals surface area contributed by atoms with Gasteiger partial charge >= 0.3 is 5.97 Å². The van der Waals surface area contributed by atoms with Crippen LogP contribution in [0.25, 0.3) is 0 Å². The molecule has 6 nitrogen and oxygen atoms in total. The second-order valence-electron chi connectivity index (χ2n) is 6.49. The fourth-order valence-corrected chi connectivity index (χ4v) is 3.54. The Hall–Kier alpha value is -2.61. The van der Waals surface area contributed by atoms with E-state index in [2.05, 4.69) is 15.3 Å². The van der Waals surface area contributed by atoms with Crippen molar-refractivity contribution in [1.82, 2.24) is 15.3 Å². The van der Waals surface area contributed by atoms with E-state index in [4.69, 9.17) is 5.11 Å². The molecule has 1 saturated carbocycles. The monoisotopic (exact) mass is 346 g/mol. The molecule has 1 saturated heterocycles. The molecule has 1 unspecified atom stereocenters. The fourth-order valence-electron chi connectivity index (χ4n) is 3.54. The molecule has 0 bridgehead atoms. The first-order valence-electron chi connectivity index (χ1n) is 8.00. The van der Waals surface area contributed by atoms with Crippen LogP contribution in [-0.4, -0.2) is 40.2 Å². The SMILES string of the molecule is O=C(O)c1cnc(N2C[C@@H]3C(NCc4cc(F)cc(F)c4)[C@@H]3C2)nc1. The van der Waals surface area contributed by atoms with Gasteiger partial charge in [0.1, 0.15) is 11.6 Å². The van der Waals surface area contributed by atoms with E-state index in [1.165, 1.54) is 24.5 Å². The third kappa shape index (κ3) is 3.17. The van der Waals surface area contributed by atoms with Crippen molar-refractivity contribution in [2.24, 2.45) is 11.8 Å². The van der Waals surface area contributed by atoms with Crippen LogP contribution in [0.5, 0.6) is 0 Å². The summed E-state index contributed by atoms with van der Waals surface area (Å²) in [6.45, 7) is 1.99. The zero-order valence-corrected chi connectivity index (χ0v) is 13.2. The van der Waals surface area contributed by atoms with Crippen molar-refractivity contribution in [2.75, 3.05) is 18.0 Å². The maximum atomic E-state index is 13.2. The Labute approximate surface area is 142 Å². The Balaban J connectivity index is 1.31. The lowest BCUT2D eigenvalue weighted by Gasteiger charge is -2.20. The average Bonchev–Trinajstić information content (AvgIpc) is 3.02. The number of aromatic carboxylic acids is 1. The summed E-state index contributed by atoms with van der Waals surface area (Å²) in [5.41, 5.74) is 0.655. The molecule has 1 aromatic carbocycles. The molecule has 2 heterocycles. The van der Waals surface area contributed by atoms with Crippen molar-refractivity contribution < 1.29 is 18.7 Å². The van der Waals surface area contributed by atoms with Gasteiger partial charge in [-0.2, -0.15) is 0 Å². The zero-order chi connectivity index (χ0) is 17.6. The Bertz CT molecular complexity index is 783. The molecule has 8 heteroatoms. The van der Waals surface area contributed by atoms with Crippen molar-refractivity contribution >= 4 is 11.9 Å². The Morgan fingerprint density at radius 2 is 1.76 bits per heavy atom. The molecule has 1 aliphatic heterocycles. The van der Waals surface area contributed by atoms with E-state index in [0.717, 1.165) is 19.2 Å². The molecule has 0 spiro atoms. The maximum Gasteiger partial charge on any atom is 0.338 e. The van der Waals surface area contributed by atoms with Gasteiger partial charge in [0.2, 0.25) is 5.95 Å². The number of halogens is 2. The molecule has 2 N–H and O–H groups in total. The molecule has 4 rings (SSSR count). The van der Waals surface area contributed by atoms with Gasteiger partial charge in [0.15, 0.2) is 0 Å². The first-order chi connectivity index (χ1) is 12.0. The van der Waals surface area contributed by atoms with Crippen LogP contribution in [0.4, 0.5) is 14.7 Å². The summed E-state index contributed by atoms with van der Waals surface area (Å²) in [7, 11) is 0. The van der Waals surface area contributed by atoms with Gasteiger partial charge in [0, 0.05) is 44.1 Å². The maximum absolute atomic E-state index is 13.2. The lowest BCUT2D eigenvalue weighted by molar-refractivity contribution is 0.0696. The summed E-state index contributed by atoms with van der Waals surface area (Å²) in [4.78, 5) is 21.1. The highest BCUT2D eigenvalue weighted by atomic mass is 19.1. The number of carboxylic acid groups (broad SMARTS) is 1. The van der Waals surface area contributed by atoms with E-state index in [1.54, 1.807) is 0 Å². The number of benzene rings is 1. The van der Waals surface area contributed by atoms with E-state index in [0.29, 0.717) is 35.9 Å². The number of carbonyl (C=O) groups is 1. The van der Waals surface area contributed by atoms with Crippen molar-refractivity contribution in [1.29, 1.82) is 0 Å². The number of nitrogens with one attached hydrogen (secondary N) is 1. The molecule has 0 amide bonds. The van der Waals surface area contributed by atoms with E-state index in [-0.39, 0.29) is 5.56 Å². The zero-order valence-electron chi connectivity index (χ0n) is 13.2. The van der Waals surface area contributed by atoms with E-state index < -0.39 is 17.6 Å². The minimum Gasteiger partial charge on any atom is -0.478 e. The van der Waals surface area contributed by atoms with Crippen LogP contribution < -0.4 is 10.2 Å². The molecule has 2 fully saturated rings. The van der Waals surface area contributed by atoms with Crippen LogP contribution in [0.3, 0.4) is 0 Å². The van der Waals surface area contributed by atoms with Crippen LogP contribution in [0.15, 0.2) is 30.6 Å². The Morgan fingerprint density at radius 1 is 1.16 bits per heavy atom. The number of carboxylic acids is 1. The molecule has 0 radical (unpaired) electrons. The topological polar surface area (TPSA) is 78.3 Å². The number of aromatic nitrogens is 2. The lowest BCUT2D eigenvalue weighted by atomic mass is 10.2. The van der Waals surface area contributed by atoms with Crippen molar-refractivity contribution in [3.8, 4) is 0 Å². The van der Waals surface area contributed by atoms with Crippen LogP contribution in [0, 0.1) is 23.5 Å². The molecule has 1 aromatic heterocycles. The molecular weight excluding hydrogens is 330 g/mol. The quantitative estimate of drug-likeness (QED) is 0.858. The van der Waals surface area contributed by atoms with Crippen LogP contribution in [-0.2, 0) is 6.54 Å². The number of piperidine rings is 1. The summed E-state index contributed by atoms with van der Waals surface area (Å²) in [6, 6.07) is 3.85. The molecule has 2 aliphatic rings. The predicted octanol–water partition coefficient (Wildman–Crippen LogP) is 1.68. The van der Waals surface area contributed by atoms with Crippen LogP contribution >= 0.6 is 0 Å². The molecule has 1 aliphatic carbocycles. The first-order valence-corrected chi connectivity index (χ1v) is 8.00. The van der Waals surface area contributed by atoms with Crippen molar-refractivity contribution in [2.45, 2.75) is 12.6 Å². The molecular formula is C17H16F2N4O2. The first kappa shape index (κ1) is 15.9. The highest BCUT2D eigenvalue weighted by Crippen LogP contribution is 2.46. The lowest BCUT2D eigenvalue weighted by Crippen LogP contribution is -2.32. The van der Waals surface area contributed by atoms with E-state index in [1.807, 2.05) is 4.90 Å². The summed E-state index contributed by atoms with van der Waals surface area (Å²) in [5, 5.41) is 12.2. The van der Waals surface area contributed by atoms with Crippen molar-refractivity contribution in [3.63, 3.8) is 0 Å². The van der Waals surface area contributed by atoms with E-state index >= 15 is 0 Å². The number of nitrogens with zero attached hydrogens (tertiary/aromatic N) is 3. The predicted molar refractivity (Wildman–Crippen MR) is 85.2 cm³/mol. The molecule has 2 aromatic rings. The smallest absolute Gasteiger partial charge is 0.338 e. The van der Waals surface area contributed by atoms with Gasteiger partial charge in [-0.25, -0.2) is 23.5 Å². The summed E-state index contributed by atoms with van der Waals surface area (Å²) in [6.07, 6.45) is 2.62. The number of hydrogen-bond donors (Lipinski definition) is 2. The van der Waals surface area contributed by atoms with E-state index in [9.17, 15) is 13.6 Å². The van der Waals surface area contributed by atoms with Gasteiger partial charge in [-0.05, 0) is 29.5 Å². The second kappa shape index (κ2) is 6.03. The second-order valence-corrected chi connectivity index (χ2v) is 6.49. The summed E-state index contributed by atoms with van der Waals surface area (Å²) < 4.78 is 26.4. The molecule has 25 heavy (non-hydrogen) atoms. The molecule has 3 atom stereocenters. The number of fused-ring (bicyclic) bond motifs is 1. The van der Waals surface area contributed by atoms with Gasteiger partial charge in [0.25, 0.3) is 0 Å². The van der Waals surface area contributed by atoms with Gasteiger partial charge in [-0.1, -0.05) is 0 Å². The Kier molecular flexibility index (Phi) is 3.84. The minimum atomic E-state index is -1.05. The van der Waals surface area contributed by atoms with Crippen LogP contribution in [0.2, 0.25) is 0 Å². The normalized spacial score (nSPS) is 24.2. The number of anilines is 1. The standard InChI is InChI=1S/C17H16F2N4O2/c18-11-1-9(2-12(19)3-11)4-20-15-13-7-23(8-14(13)15)17-21-5-10(6-22-17)16(24)25/h1-3,5-6,13-15,20H,4,7-8H2,(H,24,25)/t13-,14+,15?.